The minimum atomic E-state index is -0.573. The number of hydrogen-bond acceptors (Lipinski definition) is 2. The molecule has 4 heteroatoms. The number of nitrogens with two attached hydrogens (primary N) is 1. The third kappa shape index (κ3) is 3.32. The number of primary amides is 1. The van der Waals surface area contributed by atoms with Crippen LogP contribution in [0.25, 0.3) is 0 Å². The van der Waals surface area contributed by atoms with E-state index in [0.717, 1.165) is 25.0 Å². The summed E-state index contributed by atoms with van der Waals surface area (Å²) in [5.74, 6) is 0. The molecular formula is C13H21N3O. The molecule has 2 aliphatic rings. The van der Waals surface area contributed by atoms with Gasteiger partial charge in [0.15, 0.2) is 0 Å². The Kier molecular flexibility index (Phi) is 4.18. The van der Waals surface area contributed by atoms with Crippen LogP contribution in [0.1, 0.15) is 57.8 Å². The maximum atomic E-state index is 10.7. The molecule has 0 atom stereocenters. The Hall–Kier alpha value is -1.32. The molecule has 4 nitrogen and oxygen atoms in total. The van der Waals surface area contributed by atoms with Gasteiger partial charge in [0, 0.05) is 0 Å². The molecule has 2 rings (SSSR count). The van der Waals surface area contributed by atoms with E-state index in [-0.39, 0.29) is 0 Å². The van der Waals surface area contributed by atoms with E-state index >= 15 is 0 Å². The molecule has 2 aliphatic carbocycles. The first-order valence-corrected chi connectivity index (χ1v) is 6.60. The van der Waals surface area contributed by atoms with Crippen LogP contribution in [0.5, 0.6) is 0 Å². The van der Waals surface area contributed by atoms with Gasteiger partial charge in [-0.1, -0.05) is 12.0 Å². The van der Waals surface area contributed by atoms with Crippen LogP contribution < -0.4 is 11.2 Å². The van der Waals surface area contributed by atoms with Crippen molar-refractivity contribution in [1.29, 1.82) is 0 Å². The summed E-state index contributed by atoms with van der Waals surface area (Å²) in [4.78, 5) is 10.7. The second-order valence-corrected chi connectivity index (χ2v) is 4.88. The van der Waals surface area contributed by atoms with Gasteiger partial charge in [-0.05, 0) is 56.9 Å². The molecule has 2 fully saturated rings. The zero-order valence-electron chi connectivity index (χ0n) is 10.3. The molecule has 0 heterocycles. The normalized spacial score (nSPS) is 23.9. The van der Waals surface area contributed by atoms with Crippen molar-refractivity contribution in [3.05, 3.63) is 11.1 Å². The van der Waals surface area contributed by atoms with Crippen LogP contribution in [-0.4, -0.2) is 11.7 Å². The first-order chi connectivity index (χ1) is 8.27. The van der Waals surface area contributed by atoms with Crippen LogP contribution in [0.15, 0.2) is 16.2 Å². The molecular weight excluding hydrogens is 214 g/mol. The summed E-state index contributed by atoms with van der Waals surface area (Å²) in [5.41, 5.74) is 11.5. The average Bonchev–Trinajstić information content (AvgIpc) is 2.38. The minimum Gasteiger partial charge on any atom is -0.350 e. The molecule has 0 radical (unpaired) electrons. The van der Waals surface area contributed by atoms with Gasteiger partial charge in [0.25, 0.3) is 0 Å². The highest BCUT2D eigenvalue weighted by Crippen LogP contribution is 2.32. The van der Waals surface area contributed by atoms with Crippen molar-refractivity contribution in [2.75, 3.05) is 0 Å². The standard InChI is InChI=1S/C13H21N3O/c14-13(17)16-15-12-9-5-4-8-11(12)10-6-2-1-3-7-10/h1-9H2,(H3,14,16,17). The Morgan fingerprint density at radius 3 is 2.35 bits per heavy atom. The number of nitrogens with zero attached hydrogens (tertiary/aromatic N) is 1. The van der Waals surface area contributed by atoms with E-state index in [2.05, 4.69) is 10.5 Å². The number of urea groups is 1. The second-order valence-electron chi connectivity index (χ2n) is 4.88. The molecule has 94 valence electrons. The van der Waals surface area contributed by atoms with E-state index in [4.69, 9.17) is 5.73 Å². The fourth-order valence-electron chi connectivity index (χ4n) is 2.80. The zero-order valence-corrected chi connectivity index (χ0v) is 10.3. The number of carbonyl (C=O) groups is 1. The molecule has 0 aromatic rings. The van der Waals surface area contributed by atoms with Gasteiger partial charge in [0.05, 0.1) is 5.71 Å². The van der Waals surface area contributed by atoms with Crippen molar-refractivity contribution < 1.29 is 4.79 Å². The summed E-state index contributed by atoms with van der Waals surface area (Å²) < 4.78 is 0. The number of carbonyl (C=O) groups excluding carboxylic acids is 1. The van der Waals surface area contributed by atoms with E-state index in [1.54, 1.807) is 5.57 Å². The van der Waals surface area contributed by atoms with E-state index < -0.39 is 6.03 Å². The third-order valence-corrected chi connectivity index (χ3v) is 3.62. The molecule has 0 saturated heterocycles. The number of hydrazone groups is 1. The van der Waals surface area contributed by atoms with Crippen LogP contribution in [0.2, 0.25) is 0 Å². The van der Waals surface area contributed by atoms with Crippen LogP contribution in [0, 0.1) is 0 Å². The highest BCUT2D eigenvalue weighted by Gasteiger charge is 2.19. The Labute approximate surface area is 102 Å². The van der Waals surface area contributed by atoms with Crippen molar-refractivity contribution in [3.8, 4) is 0 Å². The number of nitrogens with one attached hydrogen (secondary N) is 1. The minimum absolute atomic E-state index is 0.573. The predicted octanol–water partition coefficient (Wildman–Crippen LogP) is 2.85. The highest BCUT2D eigenvalue weighted by molar-refractivity contribution is 6.01. The third-order valence-electron chi connectivity index (χ3n) is 3.62. The zero-order chi connectivity index (χ0) is 12.1. The lowest BCUT2D eigenvalue weighted by atomic mass is 9.83. The lowest BCUT2D eigenvalue weighted by molar-refractivity contribution is 0.249. The molecule has 17 heavy (non-hydrogen) atoms. The summed E-state index contributed by atoms with van der Waals surface area (Å²) in [6.07, 6.45) is 10.9. The monoisotopic (exact) mass is 235 g/mol. The fraction of sp³-hybridized carbons (Fsp3) is 0.692. The Morgan fingerprint density at radius 2 is 1.65 bits per heavy atom. The van der Waals surface area contributed by atoms with Crippen LogP contribution in [-0.2, 0) is 0 Å². The van der Waals surface area contributed by atoms with Crippen LogP contribution in [0.3, 0.4) is 0 Å². The Balaban J connectivity index is 2.16. The van der Waals surface area contributed by atoms with Gasteiger partial charge in [-0.15, -0.1) is 0 Å². The van der Waals surface area contributed by atoms with Crippen LogP contribution in [0.4, 0.5) is 4.79 Å². The van der Waals surface area contributed by atoms with Crippen molar-refractivity contribution >= 4 is 11.7 Å². The summed E-state index contributed by atoms with van der Waals surface area (Å²) >= 11 is 0. The molecule has 2 amide bonds. The number of rotatable bonds is 1. The van der Waals surface area contributed by atoms with E-state index in [1.165, 1.54) is 44.1 Å². The Morgan fingerprint density at radius 1 is 1.00 bits per heavy atom. The summed E-state index contributed by atoms with van der Waals surface area (Å²) in [7, 11) is 0. The van der Waals surface area contributed by atoms with E-state index in [1.807, 2.05) is 0 Å². The molecule has 0 spiro atoms. The van der Waals surface area contributed by atoms with Gasteiger partial charge in [0.1, 0.15) is 0 Å². The Bertz CT molecular complexity index is 350. The molecule has 3 N–H and O–H groups in total. The first kappa shape index (κ1) is 12.1. The number of hydrogen-bond donors (Lipinski definition) is 2. The summed E-state index contributed by atoms with van der Waals surface area (Å²) in [6, 6.07) is -0.573. The maximum Gasteiger partial charge on any atom is 0.332 e. The second kappa shape index (κ2) is 5.84. The molecule has 0 aromatic carbocycles. The molecule has 0 aliphatic heterocycles. The van der Waals surface area contributed by atoms with Crippen molar-refractivity contribution in [2.24, 2.45) is 10.8 Å². The molecule has 0 bridgehead atoms. The largest absolute Gasteiger partial charge is 0.350 e. The van der Waals surface area contributed by atoms with Gasteiger partial charge in [-0.3, -0.25) is 0 Å². The number of amides is 2. The molecule has 2 saturated carbocycles. The lowest BCUT2D eigenvalue weighted by Crippen LogP contribution is -2.27. The topological polar surface area (TPSA) is 67.5 Å². The van der Waals surface area contributed by atoms with Crippen molar-refractivity contribution in [3.63, 3.8) is 0 Å². The summed E-state index contributed by atoms with van der Waals surface area (Å²) in [5, 5.41) is 4.17. The molecule has 0 unspecified atom stereocenters. The van der Waals surface area contributed by atoms with Crippen LogP contribution >= 0.6 is 0 Å². The first-order valence-electron chi connectivity index (χ1n) is 6.60. The predicted molar refractivity (Wildman–Crippen MR) is 68.7 cm³/mol. The fourth-order valence-corrected chi connectivity index (χ4v) is 2.80. The van der Waals surface area contributed by atoms with Gasteiger partial charge < -0.3 is 5.73 Å². The lowest BCUT2D eigenvalue weighted by Gasteiger charge is -2.23. The van der Waals surface area contributed by atoms with E-state index in [9.17, 15) is 4.79 Å². The quantitative estimate of drug-likeness (QED) is 0.674. The average molecular weight is 235 g/mol. The smallest absolute Gasteiger partial charge is 0.332 e. The molecule has 0 aromatic heterocycles. The van der Waals surface area contributed by atoms with Gasteiger partial charge in [-0.2, -0.15) is 5.10 Å². The summed E-state index contributed by atoms with van der Waals surface area (Å²) in [6.45, 7) is 0. The SMILES string of the molecule is NC(=O)NN=C1CCCCC1=C1CCCCC1. The maximum absolute atomic E-state index is 10.7. The highest BCUT2D eigenvalue weighted by atomic mass is 16.2. The van der Waals surface area contributed by atoms with Crippen molar-refractivity contribution in [1.82, 2.24) is 5.43 Å². The van der Waals surface area contributed by atoms with Gasteiger partial charge in [-0.25, -0.2) is 10.2 Å². The van der Waals surface area contributed by atoms with Crippen molar-refractivity contribution in [2.45, 2.75) is 57.8 Å². The van der Waals surface area contributed by atoms with Gasteiger partial charge in [0.2, 0.25) is 0 Å². The van der Waals surface area contributed by atoms with Gasteiger partial charge >= 0.3 is 6.03 Å². The van der Waals surface area contributed by atoms with E-state index in [0.29, 0.717) is 0 Å². The number of allylic oxidation sites excluding steroid dienone is 2.